The summed E-state index contributed by atoms with van der Waals surface area (Å²) in [5, 5.41) is 10.5. The van der Waals surface area contributed by atoms with E-state index in [1.807, 2.05) is 37.5 Å². The standard InChI is InChI=1S/C15H18N4O/c1-19-9-7-11(18-19)10-17-15(20)13-4-2-6-14-12(13)5-3-8-16-14/h2,4,6-7,9,16H,3,5,8,10H2,1H3,(H,17,20). The highest BCUT2D eigenvalue weighted by Gasteiger charge is 2.17. The van der Waals surface area contributed by atoms with E-state index < -0.39 is 0 Å². The summed E-state index contributed by atoms with van der Waals surface area (Å²) in [5.41, 5.74) is 3.84. The smallest absolute Gasteiger partial charge is 0.251 e. The van der Waals surface area contributed by atoms with Crippen molar-refractivity contribution in [3.63, 3.8) is 0 Å². The Kier molecular flexibility index (Phi) is 3.41. The Morgan fingerprint density at radius 1 is 1.45 bits per heavy atom. The van der Waals surface area contributed by atoms with Gasteiger partial charge in [-0.15, -0.1) is 0 Å². The van der Waals surface area contributed by atoms with Gasteiger partial charge in [0.2, 0.25) is 0 Å². The van der Waals surface area contributed by atoms with E-state index >= 15 is 0 Å². The van der Waals surface area contributed by atoms with Crippen molar-refractivity contribution in [3.8, 4) is 0 Å². The van der Waals surface area contributed by atoms with Crippen molar-refractivity contribution in [2.45, 2.75) is 19.4 Å². The van der Waals surface area contributed by atoms with Crippen molar-refractivity contribution in [1.29, 1.82) is 0 Å². The summed E-state index contributed by atoms with van der Waals surface area (Å²) in [6, 6.07) is 7.75. The van der Waals surface area contributed by atoms with Crippen LogP contribution in [0.1, 0.15) is 28.0 Å². The van der Waals surface area contributed by atoms with Gasteiger partial charge in [0.1, 0.15) is 0 Å². The maximum atomic E-state index is 12.3. The van der Waals surface area contributed by atoms with E-state index in [0.717, 1.165) is 41.9 Å². The molecule has 0 bridgehead atoms. The third-order valence-electron chi connectivity index (χ3n) is 3.54. The van der Waals surface area contributed by atoms with E-state index in [2.05, 4.69) is 15.7 Å². The van der Waals surface area contributed by atoms with Gasteiger partial charge in [0.25, 0.3) is 5.91 Å². The maximum Gasteiger partial charge on any atom is 0.251 e. The van der Waals surface area contributed by atoms with Crippen molar-refractivity contribution < 1.29 is 4.79 Å². The molecule has 20 heavy (non-hydrogen) atoms. The SMILES string of the molecule is Cn1ccc(CNC(=O)c2cccc3c2CCCN3)n1. The lowest BCUT2D eigenvalue weighted by Crippen LogP contribution is -2.26. The molecule has 0 atom stereocenters. The number of carbonyl (C=O) groups excluding carboxylic acids is 1. The molecule has 3 rings (SSSR count). The molecule has 0 fully saturated rings. The Morgan fingerprint density at radius 3 is 3.15 bits per heavy atom. The highest BCUT2D eigenvalue weighted by molar-refractivity contribution is 5.97. The van der Waals surface area contributed by atoms with Crippen LogP contribution in [0.15, 0.2) is 30.5 Å². The minimum absolute atomic E-state index is 0.0313. The van der Waals surface area contributed by atoms with Gasteiger partial charge >= 0.3 is 0 Å². The highest BCUT2D eigenvalue weighted by Crippen LogP contribution is 2.25. The lowest BCUT2D eigenvalue weighted by atomic mass is 9.97. The third-order valence-corrected chi connectivity index (χ3v) is 3.54. The predicted octanol–water partition coefficient (Wildman–Crippen LogP) is 1.71. The molecule has 0 unspecified atom stereocenters. The number of hydrogen-bond acceptors (Lipinski definition) is 3. The van der Waals surface area contributed by atoms with Gasteiger partial charge in [-0.05, 0) is 36.6 Å². The number of aryl methyl sites for hydroxylation is 1. The summed E-state index contributed by atoms with van der Waals surface area (Å²) in [5.74, 6) is -0.0313. The van der Waals surface area contributed by atoms with Crippen LogP contribution in [-0.2, 0) is 20.0 Å². The Bertz CT molecular complexity index is 633. The van der Waals surface area contributed by atoms with Crippen molar-refractivity contribution in [1.82, 2.24) is 15.1 Å². The maximum absolute atomic E-state index is 12.3. The van der Waals surface area contributed by atoms with Crippen LogP contribution in [0.5, 0.6) is 0 Å². The van der Waals surface area contributed by atoms with Crippen LogP contribution in [-0.4, -0.2) is 22.2 Å². The van der Waals surface area contributed by atoms with Gasteiger partial charge in [-0.2, -0.15) is 5.10 Å². The van der Waals surface area contributed by atoms with Gasteiger partial charge in [0.15, 0.2) is 0 Å². The predicted molar refractivity (Wildman–Crippen MR) is 77.6 cm³/mol. The molecule has 1 aromatic heterocycles. The minimum atomic E-state index is -0.0313. The number of nitrogens with zero attached hydrogens (tertiary/aromatic N) is 2. The number of fused-ring (bicyclic) bond motifs is 1. The van der Waals surface area contributed by atoms with Crippen LogP contribution in [0.25, 0.3) is 0 Å². The average Bonchev–Trinajstić information content (AvgIpc) is 2.90. The van der Waals surface area contributed by atoms with Gasteiger partial charge in [0.05, 0.1) is 12.2 Å². The number of amides is 1. The van der Waals surface area contributed by atoms with Crippen LogP contribution in [0.2, 0.25) is 0 Å². The molecule has 104 valence electrons. The molecule has 1 aliphatic heterocycles. The summed E-state index contributed by atoms with van der Waals surface area (Å²) in [6.07, 6.45) is 3.89. The number of aromatic nitrogens is 2. The van der Waals surface area contributed by atoms with E-state index in [9.17, 15) is 4.79 Å². The molecule has 0 saturated heterocycles. The molecule has 1 amide bonds. The second kappa shape index (κ2) is 5.36. The van der Waals surface area contributed by atoms with Crippen molar-refractivity contribution in [2.24, 2.45) is 7.05 Å². The number of carbonyl (C=O) groups is 1. The fourth-order valence-corrected chi connectivity index (χ4v) is 2.55. The van der Waals surface area contributed by atoms with Crippen LogP contribution in [0.3, 0.4) is 0 Å². The number of benzene rings is 1. The Labute approximate surface area is 118 Å². The average molecular weight is 270 g/mol. The van der Waals surface area contributed by atoms with Gasteiger partial charge in [-0.1, -0.05) is 6.07 Å². The zero-order valence-electron chi connectivity index (χ0n) is 11.5. The number of rotatable bonds is 3. The quantitative estimate of drug-likeness (QED) is 0.892. The Morgan fingerprint density at radius 2 is 2.35 bits per heavy atom. The van der Waals surface area contributed by atoms with Gasteiger partial charge in [-0.3, -0.25) is 9.48 Å². The van der Waals surface area contributed by atoms with E-state index in [0.29, 0.717) is 6.54 Å². The van der Waals surface area contributed by atoms with E-state index in [-0.39, 0.29) is 5.91 Å². The topological polar surface area (TPSA) is 59.0 Å². The Hall–Kier alpha value is -2.30. The van der Waals surface area contributed by atoms with Crippen LogP contribution in [0.4, 0.5) is 5.69 Å². The summed E-state index contributed by atoms with van der Waals surface area (Å²) < 4.78 is 1.73. The van der Waals surface area contributed by atoms with Crippen LogP contribution in [0, 0.1) is 0 Å². The monoisotopic (exact) mass is 270 g/mol. The second-order valence-corrected chi connectivity index (χ2v) is 5.03. The molecule has 0 aliphatic carbocycles. The fourth-order valence-electron chi connectivity index (χ4n) is 2.55. The van der Waals surface area contributed by atoms with E-state index in [1.165, 1.54) is 0 Å². The lowest BCUT2D eigenvalue weighted by molar-refractivity contribution is 0.0949. The minimum Gasteiger partial charge on any atom is -0.385 e. The number of nitrogens with one attached hydrogen (secondary N) is 2. The van der Waals surface area contributed by atoms with Gasteiger partial charge in [0, 0.05) is 31.0 Å². The first kappa shape index (κ1) is 12.7. The van der Waals surface area contributed by atoms with Crippen molar-refractivity contribution >= 4 is 11.6 Å². The number of anilines is 1. The Balaban J connectivity index is 1.74. The molecule has 5 heteroatoms. The number of hydrogen-bond donors (Lipinski definition) is 2. The summed E-state index contributed by atoms with van der Waals surface area (Å²) in [6.45, 7) is 1.43. The molecule has 2 heterocycles. The molecular formula is C15H18N4O. The third kappa shape index (κ3) is 2.52. The van der Waals surface area contributed by atoms with E-state index in [4.69, 9.17) is 0 Å². The van der Waals surface area contributed by atoms with E-state index in [1.54, 1.807) is 4.68 Å². The molecule has 1 aliphatic rings. The lowest BCUT2D eigenvalue weighted by Gasteiger charge is -2.20. The first-order chi connectivity index (χ1) is 9.74. The fraction of sp³-hybridized carbons (Fsp3) is 0.333. The molecule has 2 N–H and O–H groups in total. The molecule has 0 saturated carbocycles. The summed E-state index contributed by atoms with van der Waals surface area (Å²) in [7, 11) is 1.87. The molecule has 0 radical (unpaired) electrons. The van der Waals surface area contributed by atoms with Crippen LogP contribution >= 0.6 is 0 Å². The molecule has 0 spiro atoms. The zero-order chi connectivity index (χ0) is 13.9. The van der Waals surface area contributed by atoms with Crippen molar-refractivity contribution in [2.75, 3.05) is 11.9 Å². The summed E-state index contributed by atoms with van der Waals surface area (Å²) >= 11 is 0. The molecular weight excluding hydrogens is 252 g/mol. The summed E-state index contributed by atoms with van der Waals surface area (Å²) in [4.78, 5) is 12.3. The largest absolute Gasteiger partial charge is 0.385 e. The molecule has 1 aromatic carbocycles. The normalized spacial score (nSPS) is 13.4. The first-order valence-corrected chi connectivity index (χ1v) is 6.86. The second-order valence-electron chi connectivity index (χ2n) is 5.03. The van der Waals surface area contributed by atoms with Crippen LogP contribution < -0.4 is 10.6 Å². The van der Waals surface area contributed by atoms with Gasteiger partial charge in [-0.25, -0.2) is 0 Å². The van der Waals surface area contributed by atoms with Crippen molar-refractivity contribution in [3.05, 3.63) is 47.3 Å². The first-order valence-electron chi connectivity index (χ1n) is 6.86. The molecule has 5 nitrogen and oxygen atoms in total. The molecule has 2 aromatic rings. The zero-order valence-corrected chi connectivity index (χ0v) is 11.5. The highest BCUT2D eigenvalue weighted by atomic mass is 16.1. The van der Waals surface area contributed by atoms with Gasteiger partial charge < -0.3 is 10.6 Å².